The number of hydrogen-bond donors (Lipinski definition) is 1. The first-order valence-electron chi connectivity index (χ1n) is 3.64. The zero-order valence-corrected chi connectivity index (χ0v) is 6.44. The summed E-state index contributed by atoms with van der Waals surface area (Å²) in [6.07, 6.45) is 4.39. The fourth-order valence-corrected chi connectivity index (χ4v) is 1.01. The zero-order valence-electron chi connectivity index (χ0n) is 6.44. The van der Waals surface area contributed by atoms with E-state index in [2.05, 4.69) is 11.3 Å². The van der Waals surface area contributed by atoms with Gasteiger partial charge in [0.1, 0.15) is 6.20 Å². The van der Waals surface area contributed by atoms with E-state index in [1.54, 1.807) is 10.9 Å². The third-order valence-corrected chi connectivity index (χ3v) is 1.57. The summed E-state index contributed by atoms with van der Waals surface area (Å²) >= 11 is 0. The van der Waals surface area contributed by atoms with Gasteiger partial charge in [0.25, 0.3) is 0 Å². The summed E-state index contributed by atoms with van der Waals surface area (Å²) in [4.78, 5) is 0. The number of aromatic nitrogens is 2. The highest BCUT2D eigenvalue weighted by molar-refractivity contribution is 5.36. The molecule has 59 valence electrons. The number of hydrogen-bond acceptors (Lipinski definition) is 2. The number of nitrogens with two attached hydrogens (primary N) is 1. The van der Waals surface area contributed by atoms with E-state index < -0.39 is 0 Å². The lowest BCUT2D eigenvalue weighted by Gasteiger charge is -1.97. The number of para-hydroxylation sites is 1. The average molecular weight is 158 g/mol. The Kier molecular flexibility index (Phi) is 1.55. The molecule has 2 aromatic rings. The van der Waals surface area contributed by atoms with Crippen LogP contribution < -0.4 is 5.73 Å². The van der Waals surface area contributed by atoms with E-state index in [0.717, 1.165) is 5.69 Å². The molecule has 3 heteroatoms. The molecular weight excluding hydrogens is 150 g/mol. The maximum Gasteiger partial charge on any atom is 0.138 e. The largest absolute Gasteiger partial charge is 0.396 e. The van der Waals surface area contributed by atoms with Gasteiger partial charge in [-0.25, -0.2) is 4.68 Å². The fraction of sp³-hybridized carbons (Fsp3) is 0. The summed E-state index contributed by atoms with van der Waals surface area (Å²) in [5, 5.41) is 3.95. The van der Waals surface area contributed by atoms with E-state index in [1.165, 1.54) is 0 Å². The van der Waals surface area contributed by atoms with Gasteiger partial charge in [0.05, 0.1) is 17.6 Å². The number of nitrogens with zero attached hydrogens (tertiary/aromatic N) is 2. The van der Waals surface area contributed by atoms with Crippen LogP contribution in [0.2, 0.25) is 0 Å². The predicted molar refractivity (Wildman–Crippen MR) is 46.8 cm³/mol. The lowest BCUT2D eigenvalue weighted by Crippen LogP contribution is -1.92. The van der Waals surface area contributed by atoms with Crippen molar-refractivity contribution in [2.75, 3.05) is 5.73 Å². The third-order valence-electron chi connectivity index (χ3n) is 1.57. The molecule has 1 aromatic heterocycles. The van der Waals surface area contributed by atoms with E-state index in [1.807, 2.05) is 30.3 Å². The Morgan fingerprint density at radius 1 is 1.25 bits per heavy atom. The molecule has 2 rings (SSSR count). The highest BCUT2D eigenvalue weighted by atomic mass is 15.3. The van der Waals surface area contributed by atoms with Gasteiger partial charge in [-0.2, -0.15) is 5.10 Å². The molecule has 0 aliphatic rings. The Morgan fingerprint density at radius 3 is 2.58 bits per heavy atom. The average Bonchev–Trinajstić information content (AvgIpc) is 2.54. The molecule has 12 heavy (non-hydrogen) atoms. The maximum absolute atomic E-state index is 5.48. The molecule has 0 fully saturated rings. The van der Waals surface area contributed by atoms with Crippen molar-refractivity contribution in [2.45, 2.75) is 0 Å². The van der Waals surface area contributed by atoms with Crippen molar-refractivity contribution < 1.29 is 0 Å². The van der Waals surface area contributed by atoms with Gasteiger partial charge in [-0.3, -0.25) is 0 Å². The standard InChI is InChI=1S/C9H8N3/c10-8-6-11-12(7-8)9-4-2-1-3-5-9/h1-5,7H,10H2. The second-order valence-electron chi connectivity index (χ2n) is 2.48. The molecule has 1 heterocycles. The van der Waals surface area contributed by atoms with Gasteiger partial charge < -0.3 is 5.73 Å². The molecule has 0 saturated heterocycles. The van der Waals surface area contributed by atoms with Crippen molar-refractivity contribution in [2.24, 2.45) is 0 Å². The maximum atomic E-state index is 5.48. The van der Waals surface area contributed by atoms with E-state index >= 15 is 0 Å². The van der Waals surface area contributed by atoms with Gasteiger partial charge in [-0.15, -0.1) is 0 Å². The Hall–Kier alpha value is -1.77. The van der Waals surface area contributed by atoms with Gasteiger partial charge in [0.15, 0.2) is 0 Å². The first-order valence-corrected chi connectivity index (χ1v) is 3.64. The Morgan fingerprint density at radius 2 is 2.00 bits per heavy atom. The van der Waals surface area contributed by atoms with E-state index in [9.17, 15) is 0 Å². The molecule has 0 aliphatic heterocycles. The molecular formula is C9H8N3. The van der Waals surface area contributed by atoms with Gasteiger partial charge in [0, 0.05) is 0 Å². The Bertz CT molecular complexity index is 364. The fourth-order valence-electron chi connectivity index (χ4n) is 1.01. The Balaban J connectivity index is 2.45. The van der Waals surface area contributed by atoms with Crippen LogP contribution in [-0.4, -0.2) is 9.78 Å². The topological polar surface area (TPSA) is 43.8 Å². The Labute approximate surface area is 70.4 Å². The van der Waals surface area contributed by atoms with E-state index in [0.29, 0.717) is 5.69 Å². The smallest absolute Gasteiger partial charge is 0.138 e. The van der Waals surface area contributed by atoms with Crippen molar-refractivity contribution in [3.63, 3.8) is 0 Å². The molecule has 2 N–H and O–H groups in total. The molecule has 0 saturated carbocycles. The predicted octanol–water partition coefficient (Wildman–Crippen LogP) is 1.25. The summed E-state index contributed by atoms with van der Waals surface area (Å²) in [5.74, 6) is 0. The van der Waals surface area contributed by atoms with Crippen LogP contribution >= 0.6 is 0 Å². The summed E-state index contributed by atoms with van der Waals surface area (Å²) in [5.41, 5.74) is 7.02. The van der Waals surface area contributed by atoms with Crippen molar-refractivity contribution >= 4 is 5.69 Å². The van der Waals surface area contributed by atoms with E-state index in [-0.39, 0.29) is 0 Å². The molecule has 3 nitrogen and oxygen atoms in total. The minimum Gasteiger partial charge on any atom is -0.396 e. The lowest BCUT2D eigenvalue weighted by atomic mass is 10.3. The van der Waals surface area contributed by atoms with Crippen molar-refractivity contribution in [1.29, 1.82) is 0 Å². The van der Waals surface area contributed by atoms with Gasteiger partial charge >= 0.3 is 0 Å². The molecule has 0 aliphatic carbocycles. The minimum atomic E-state index is 0.554. The summed E-state index contributed by atoms with van der Waals surface area (Å²) in [6, 6.07) is 9.78. The van der Waals surface area contributed by atoms with Crippen molar-refractivity contribution in [1.82, 2.24) is 9.78 Å². The van der Waals surface area contributed by atoms with Crippen LogP contribution in [0.25, 0.3) is 5.69 Å². The van der Waals surface area contributed by atoms with Gasteiger partial charge in [-0.1, -0.05) is 18.2 Å². The monoisotopic (exact) mass is 158 g/mol. The first-order chi connectivity index (χ1) is 5.86. The molecule has 0 amide bonds. The van der Waals surface area contributed by atoms with E-state index in [4.69, 9.17) is 5.73 Å². The van der Waals surface area contributed by atoms with Crippen LogP contribution in [0.1, 0.15) is 0 Å². The molecule has 0 atom stereocenters. The zero-order chi connectivity index (χ0) is 8.39. The van der Waals surface area contributed by atoms with Crippen LogP contribution in [0.5, 0.6) is 0 Å². The summed E-state index contributed by atoms with van der Waals surface area (Å²) in [7, 11) is 0. The molecule has 0 bridgehead atoms. The summed E-state index contributed by atoms with van der Waals surface area (Å²) in [6.45, 7) is 0. The minimum absolute atomic E-state index is 0.554. The molecule has 0 spiro atoms. The van der Waals surface area contributed by atoms with Crippen molar-refractivity contribution in [3.05, 3.63) is 42.7 Å². The summed E-state index contributed by atoms with van der Waals surface area (Å²) < 4.78 is 1.69. The quantitative estimate of drug-likeness (QED) is 0.678. The first kappa shape index (κ1) is 6.91. The van der Waals surface area contributed by atoms with Crippen LogP contribution in [0.3, 0.4) is 0 Å². The highest BCUT2D eigenvalue weighted by Gasteiger charge is 1.95. The van der Waals surface area contributed by atoms with Crippen LogP contribution in [0, 0.1) is 6.20 Å². The number of rotatable bonds is 1. The second kappa shape index (κ2) is 2.70. The second-order valence-corrected chi connectivity index (χ2v) is 2.48. The van der Waals surface area contributed by atoms with Gasteiger partial charge in [0.2, 0.25) is 0 Å². The SMILES string of the molecule is Nc1[c]nn(-c2ccccc2)c1. The molecule has 1 aromatic carbocycles. The number of anilines is 1. The number of nitrogen functional groups attached to an aromatic ring is 1. The normalized spacial score (nSPS) is 10.0. The molecule has 1 radical (unpaired) electrons. The third kappa shape index (κ3) is 1.16. The van der Waals surface area contributed by atoms with Gasteiger partial charge in [-0.05, 0) is 12.1 Å². The van der Waals surface area contributed by atoms with Crippen LogP contribution in [-0.2, 0) is 0 Å². The van der Waals surface area contributed by atoms with Crippen LogP contribution in [0.15, 0.2) is 36.5 Å². The molecule has 0 unspecified atom stereocenters. The van der Waals surface area contributed by atoms with Crippen molar-refractivity contribution in [3.8, 4) is 5.69 Å². The lowest BCUT2D eigenvalue weighted by molar-refractivity contribution is 0.877. The number of benzene rings is 1. The highest BCUT2D eigenvalue weighted by Crippen LogP contribution is 2.07. The van der Waals surface area contributed by atoms with Crippen LogP contribution in [0.4, 0.5) is 5.69 Å².